The number of hydrogen-bond donors (Lipinski definition) is 1. The predicted octanol–water partition coefficient (Wildman–Crippen LogP) is 3.59. The molecule has 0 spiro atoms. The summed E-state index contributed by atoms with van der Waals surface area (Å²) in [6.45, 7) is 2.14. The average Bonchev–Trinajstić information content (AvgIpc) is 3.22. The van der Waals surface area contributed by atoms with Crippen LogP contribution >= 0.6 is 23.6 Å². The first-order valence-corrected chi connectivity index (χ1v) is 11.2. The largest absolute Gasteiger partial charge is 0.271 e. The zero-order chi connectivity index (χ0) is 19.7. The monoisotopic (exact) mass is 431 g/mol. The van der Waals surface area contributed by atoms with Crippen LogP contribution in [-0.4, -0.2) is 34.8 Å². The normalized spacial score (nSPS) is 11.8. The van der Waals surface area contributed by atoms with Crippen molar-refractivity contribution in [2.24, 2.45) is 0 Å². The predicted molar refractivity (Wildman–Crippen MR) is 112 cm³/mol. The molecule has 0 saturated heterocycles. The van der Waals surface area contributed by atoms with E-state index >= 15 is 0 Å². The van der Waals surface area contributed by atoms with Gasteiger partial charge in [-0.2, -0.15) is 0 Å². The van der Waals surface area contributed by atoms with Crippen molar-refractivity contribution in [2.75, 3.05) is 10.8 Å². The Balaban J connectivity index is 1.69. The molecule has 10 heteroatoms. The van der Waals surface area contributed by atoms with Gasteiger partial charge in [-0.3, -0.25) is 9.40 Å². The van der Waals surface area contributed by atoms with Crippen LogP contribution in [0.4, 0.5) is 5.69 Å². The van der Waals surface area contributed by atoms with Gasteiger partial charge in [0.2, 0.25) is 4.96 Å². The summed E-state index contributed by atoms with van der Waals surface area (Å²) in [5.41, 5.74) is 1.60. The van der Waals surface area contributed by atoms with Gasteiger partial charge in [0.1, 0.15) is 0 Å². The Morgan fingerprint density at radius 2 is 1.82 bits per heavy atom. The molecule has 0 amide bonds. The molecule has 28 heavy (non-hydrogen) atoms. The molecule has 2 aromatic carbocycles. The van der Waals surface area contributed by atoms with E-state index in [1.807, 2.05) is 25.1 Å². The van der Waals surface area contributed by atoms with E-state index in [1.54, 1.807) is 40.9 Å². The summed E-state index contributed by atoms with van der Waals surface area (Å²) in [6, 6.07) is 15.9. The molecule has 0 aliphatic heterocycles. The highest BCUT2D eigenvalue weighted by atomic mass is 32.2. The Kier molecular flexibility index (Phi) is 5.00. The maximum Gasteiger partial charge on any atom is 0.264 e. The van der Waals surface area contributed by atoms with Crippen LogP contribution in [0.15, 0.2) is 59.5 Å². The van der Waals surface area contributed by atoms with Crippen molar-refractivity contribution in [3.8, 4) is 0 Å². The molecule has 7 nitrogen and oxygen atoms in total. The lowest BCUT2D eigenvalue weighted by Gasteiger charge is -2.24. The van der Waals surface area contributed by atoms with E-state index < -0.39 is 10.0 Å². The summed E-state index contributed by atoms with van der Waals surface area (Å²) >= 11 is 6.46. The maximum atomic E-state index is 13.3. The zero-order valence-corrected chi connectivity index (χ0v) is 17.4. The van der Waals surface area contributed by atoms with Crippen molar-refractivity contribution in [1.82, 2.24) is 19.8 Å². The first-order valence-electron chi connectivity index (χ1n) is 8.53. The van der Waals surface area contributed by atoms with Crippen LogP contribution in [0.25, 0.3) is 4.96 Å². The lowest BCUT2D eigenvalue weighted by molar-refractivity contribution is 0.589. The van der Waals surface area contributed by atoms with Gasteiger partial charge < -0.3 is 0 Å². The molecule has 0 bridgehead atoms. The number of aryl methyl sites for hydroxylation is 1. The number of aromatic amines is 1. The van der Waals surface area contributed by atoms with Crippen molar-refractivity contribution in [2.45, 2.75) is 18.2 Å². The van der Waals surface area contributed by atoms with E-state index in [-0.39, 0.29) is 11.4 Å². The third kappa shape index (κ3) is 3.58. The number of H-pyrrole nitrogens is 1. The maximum absolute atomic E-state index is 13.3. The van der Waals surface area contributed by atoms with Crippen LogP contribution in [0.2, 0.25) is 0 Å². The molecule has 0 radical (unpaired) electrons. The summed E-state index contributed by atoms with van der Waals surface area (Å²) in [5, 5.41) is 11.2. The molecule has 0 fully saturated rings. The molecule has 0 atom stereocenters. The van der Waals surface area contributed by atoms with Crippen LogP contribution < -0.4 is 4.31 Å². The van der Waals surface area contributed by atoms with Gasteiger partial charge in [-0.15, -0.1) is 10.2 Å². The van der Waals surface area contributed by atoms with Gasteiger partial charge in [0.25, 0.3) is 10.0 Å². The van der Waals surface area contributed by atoms with Gasteiger partial charge in [-0.25, -0.2) is 12.9 Å². The number of fused-ring (bicyclic) bond motifs is 1. The van der Waals surface area contributed by atoms with Crippen molar-refractivity contribution < 1.29 is 8.42 Å². The summed E-state index contributed by atoms with van der Waals surface area (Å²) in [4.78, 5) is 0.913. The lowest BCUT2D eigenvalue weighted by atomic mass is 10.2. The minimum atomic E-state index is -3.72. The Morgan fingerprint density at radius 1 is 1.11 bits per heavy atom. The Bertz CT molecular complexity index is 1260. The van der Waals surface area contributed by atoms with Crippen molar-refractivity contribution in [3.05, 3.63) is 69.9 Å². The molecule has 2 aromatic heterocycles. The highest BCUT2D eigenvalue weighted by Crippen LogP contribution is 2.24. The Morgan fingerprint density at radius 3 is 2.54 bits per heavy atom. The van der Waals surface area contributed by atoms with Crippen LogP contribution in [0.5, 0.6) is 0 Å². The summed E-state index contributed by atoms with van der Waals surface area (Å²) < 4.78 is 30.4. The summed E-state index contributed by atoms with van der Waals surface area (Å²) in [7, 11) is -3.72. The van der Waals surface area contributed by atoms with E-state index in [2.05, 4.69) is 15.3 Å². The van der Waals surface area contributed by atoms with E-state index in [0.29, 0.717) is 26.8 Å². The van der Waals surface area contributed by atoms with Gasteiger partial charge in [0.15, 0.2) is 9.78 Å². The number of hydrogen-bond acceptors (Lipinski definition) is 6. The number of nitrogens with one attached hydrogen (secondary N) is 1. The number of aromatic nitrogens is 4. The first kappa shape index (κ1) is 18.8. The topological polar surface area (TPSA) is 83.4 Å². The Hall–Kier alpha value is -2.56. The molecular formula is C18H17N5O2S3. The smallest absolute Gasteiger partial charge is 0.264 e. The number of nitrogens with zero attached hydrogens (tertiary/aromatic N) is 4. The van der Waals surface area contributed by atoms with Gasteiger partial charge in [-0.1, -0.05) is 47.2 Å². The number of rotatable bonds is 6. The SMILES string of the molecule is Cc1ccc(S(=O)(=O)N(CCc2nnc3sc(=S)[nH]n23)c2ccccc2)cc1. The highest BCUT2D eigenvalue weighted by Gasteiger charge is 2.25. The van der Waals surface area contributed by atoms with Crippen molar-refractivity contribution >= 4 is 44.2 Å². The molecule has 4 rings (SSSR count). The molecule has 0 unspecified atom stereocenters. The summed E-state index contributed by atoms with van der Waals surface area (Å²) in [5.74, 6) is 0.627. The molecule has 144 valence electrons. The molecule has 4 aromatic rings. The number of anilines is 1. The van der Waals surface area contributed by atoms with E-state index in [1.165, 1.54) is 15.6 Å². The lowest BCUT2D eigenvalue weighted by Crippen LogP contribution is -2.33. The molecule has 0 aliphatic carbocycles. The minimum absolute atomic E-state index is 0.220. The zero-order valence-electron chi connectivity index (χ0n) is 14.9. The fourth-order valence-electron chi connectivity index (χ4n) is 2.86. The standard InChI is InChI=1S/C18H17N5O2S3/c1-13-7-9-15(10-8-13)28(24,25)22(14-5-3-2-4-6-14)12-11-16-19-20-17-23(16)21-18(26)27-17/h2-10H,11-12H2,1H3,(H,21,26). The van der Waals surface area contributed by atoms with E-state index in [0.717, 1.165) is 5.56 Å². The van der Waals surface area contributed by atoms with Gasteiger partial charge >= 0.3 is 0 Å². The van der Waals surface area contributed by atoms with Crippen LogP contribution in [0.1, 0.15) is 11.4 Å². The third-order valence-electron chi connectivity index (χ3n) is 4.28. The number of sulfonamides is 1. The fraction of sp³-hybridized carbons (Fsp3) is 0.167. The molecule has 1 N–H and O–H groups in total. The third-order valence-corrected chi connectivity index (χ3v) is 7.19. The molecule has 2 heterocycles. The van der Waals surface area contributed by atoms with Crippen LogP contribution in [0.3, 0.4) is 0 Å². The van der Waals surface area contributed by atoms with Gasteiger partial charge in [-0.05, 0) is 43.4 Å². The van der Waals surface area contributed by atoms with Crippen LogP contribution in [-0.2, 0) is 16.4 Å². The second-order valence-corrected chi connectivity index (χ2v) is 9.72. The second kappa shape index (κ2) is 7.46. The van der Waals surface area contributed by atoms with E-state index in [4.69, 9.17) is 12.2 Å². The quantitative estimate of drug-likeness (QED) is 0.472. The number of para-hydroxylation sites is 1. The van der Waals surface area contributed by atoms with E-state index in [9.17, 15) is 8.42 Å². The second-order valence-electron chi connectivity index (χ2n) is 6.21. The molecule has 0 saturated carbocycles. The average molecular weight is 432 g/mol. The van der Waals surface area contributed by atoms with Crippen molar-refractivity contribution in [1.29, 1.82) is 0 Å². The minimum Gasteiger partial charge on any atom is -0.271 e. The molecular weight excluding hydrogens is 414 g/mol. The Labute approximate surface area is 171 Å². The highest BCUT2D eigenvalue weighted by molar-refractivity contribution is 7.92. The molecule has 0 aliphatic rings. The first-order chi connectivity index (χ1) is 13.4. The van der Waals surface area contributed by atoms with Crippen molar-refractivity contribution in [3.63, 3.8) is 0 Å². The van der Waals surface area contributed by atoms with Gasteiger partial charge in [0, 0.05) is 13.0 Å². The summed E-state index contributed by atoms with van der Waals surface area (Å²) in [6.07, 6.45) is 0.378. The van der Waals surface area contributed by atoms with Crippen LogP contribution in [0, 0.1) is 10.9 Å². The van der Waals surface area contributed by atoms with Gasteiger partial charge in [0.05, 0.1) is 10.6 Å². The fourth-order valence-corrected chi connectivity index (χ4v) is 5.27. The number of benzene rings is 2.